The zero-order chi connectivity index (χ0) is 15.4. The van der Waals surface area contributed by atoms with Crippen LogP contribution in [0.15, 0.2) is 18.2 Å². The molecule has 0 aliphatic carbocycles. The smallest absolute Gasteiger partial charge is 0.124 e. The zero-order valence-corrected chi connectivity index (χ0v) is 13.7. The van der Waals surface area contributed by atoms with E-state index < -0.39 is 0 Å². The van der Waals surface area contributed by atoms with Crippen molar-refractivity contribution in [1.82, 2.24) is 10.3 Å². The van der Waals surface area contributed by atoms with E-state index in [-0.39, 0.29) is 11.9 Å². The summed E-state index contributed by atoms with van der Waals surface area (Å²) in [7, 11) is 1.61. The van der Waals surface area contributed by atoms with Crippen molar-refractivity contribution in [3.8, 4) is 5.75 Å². The minimum Gasteiger partial charge on any atom is -0.496 e. The van der Waals surface area contributed by atoms with Gasteiger partial charge in [0, 0.05) is 10.4 Å². The Bertz CT molecular complexity index is 612. The average molecular weight is 308 g/mol. The normalized spacial score (nSPS) is 12.4. The number of hydrogen-bond acceptors (Lipinski definition) is 4. The molecular weight excluding hydrogens is 287 g/mol. The predicted molar refractivity (Wildman–Crippen MR) is 84.7 cm³/mol. The van der Waals surface area contributed by atoms with Crippen LogP contribution in [-0.4, -0.2) is 18.6 Å². The highest BCUT2D eigenvalue weighted by Crippen LogP contribution is 2.35. The van der Waals surface area contributed by atoms with Crippen LogP contribution in [0.5, 0.6) is 5.75 Å². The van der Waals surface area contributed by atoms with Gasteiger partial charge in [0.2, 0.25) is 0 Å². The van der Waals surface area contributed by atoms with Gasteiger partial charge in [-0.25, -0.2) is 9.37 Å². The molecule has 21 heavy (non-hydrogen) atoms. The number of nitrogens with zero attached hydrogens (tertiary/aromatic N) is 1. The van der Waals surface area contributed by atoms with E-state index in [9.17, 15) is 4.39 Å². The standard InChI is InChI=1S/C16H21FN2OS/c1-5-8-18-15(16-10(2)19-11(3)21-16)13-9-12(17)6-7-14(13)20-4/h6-7,9,15,18H,5,8H2,1-4H3. The fraction of sp³-hybridized carbons (Fsp3) is 0.438. The zero-order valence-electron chi connectivity index (χ0n) is 12.9. The number of hydrogen-bond donors (Lipinski definition) is 1. The lowest BCUT2D eigenvalue weighted by Gasteiger charge is -2.21. The summed E-state index contributed by atoms with van der Waals surface area (Å²) in [5.74, 6) is 0.434. The molecule has 0 fully saturated rings. The molecule has 0 aliphatic rings. The maximum absolute atomic E-state index is 13.7. The summed E-state index contributed by atoms with van der Waals surface area (Å²) in [6, 6.07) is 4.54. The maximum atomic E-state index is 13.7. The number of methoxy groups -OCH3 is 1. The van der Waals surface area contributed by atoms with E-state index in [0.29, 0.717) is 5.75 Å². The minimum atomic E-state index is -0.256. The fourth-order valence-corrected chi connectivity index (χ4v) is 3.40. The van der Waals surface area contributed by atoms with Crippen LogP contribution in [0.25, 0.3) is 0 Å². The van der Waals surface area contributed by atoms with E-state index in [1.54, 1.807) is 30.6 Å². The van der Waals surface area contributed by atoms with E-state index in [1.807, 2.05) is 13.8 Å². The van der Waals surface area contributed by atoms with Crippen molar-refractivity contribution >= 4 is 11.3 Å². The quantitative estimate of drug-likeness (QED) is 0.876. The van der Waals surface area contributed by atoms with Crippen LogP contribution in [0.4, 0.5) is 4.39 Å². The third-order valence-corrected chi connectivity index (χ3v) is 4.44. The van der Waals surface area contributed by atoms with Gasteiger partial charge in [0.05, 0.1) is 23.9 Å². The molecule has 0 saturated heterocycles. The Morgan fingerprint density at radius 2 is 2.14 bits per heavy atom. The van der Waals surface area contributed by atoms with Gasteiger partial charge in [0.15, 0.2) is 0 Å². The summed E-state index contributed by atoms with van der Waals surface area (Å²) in [6.45, 7) is 6.93. The first-order valence-electron chi connectivity index (χ1n) is 7.07. The van der Waals surface area contributed by atoms with Crippen LogP contribution in [0, 0.1) is 19.7 Å². The average Bonchev–Trinajstić information content (AvgIpc) is 2.78. The lowest BCUT2D eigenvalue weighted by atomic mass is 10.0. The predicted octanol–water partition coefficient (Wildman–Crippen LogP) is 4.00. The Morgan fingerprint density at radius 1 is 1.38 bits per heavy atom. The Balaban J connectivity index is 2.50. The number of thiazole rings is 1. The Labute approximate surface area is 129 Å². The number of ether oxygens (including phenoxy) is 1. The number of aromatic nitrogens is 1. The molecule has 1 aromatic heterocycles. The lowest BCUT2D eigenvalue weighted by Crippen LogP contribution is -2.23. The van der Waals surface area contributed by atoms with Gasteiger partial charge in [-0.15, -0.1) is 11.3 Å². The van der Waals surface area contributed by atoms with Crippen LogP contribution in [0.2, 0.25) is 0 Å². The number of halogens is 1. The molecule has 0 amide bonds. The van der Waals surface area contributed by atoms with Gasteiger partial charge in [-0.1, -0.05) is 6.92 Å². The van der Waals surface area contributed by atoms with Gasteiger partial charge >= 0.3 is 0 Å². The molecule has 1 aromatic carbocycles. The molecular formula is C16H21FN2OS. The van der Waals surface area contributed by atoms with Crippen LogP contribution in [0.3, 0.4) is 0 Å². The van der Waals surface area contributed by atoms with E-state index in [2.05, 4.69) is 17.2 Å². The Hall–Kier alpha value is -1.46. The molecule has 1 atom stereocenters. The molecule has 0 radical (unpaired) electrons. The van der Waals surface area contributed by atoms with Gasteiger partial charge < -0.3 is 10.1 Å². The van der Waals surface area contributed by atoms with Crippen molar-refractivity contribution in [1.29, 1.82) is 0 Å². The molecule has 0 bridgehead atoms. The minimum absolute atomic E-state index is 0.0956. The fourth-order valence-electron chi connectivity index (χ4n) is 2.38. The second-order valence-electron chi connectivity index (χ2n) is 4.96. The van der Waals surface area contributed by atoms with Crippen LogP contribution >= 0.6 is 11.3 Å². The summed E-state index contributed by atoms with van der Waals surface area (Å²) < 4.78 is 19.1. The van der Waals surface area contributed by atoms with E-state index in [4.69, 9.17) is 4.74 Å². The monoisotopic (exact) mass is 308 g/mol. The number of nitrogens with one attached hydrogen (secondary N) is 1. The first kappa shape index (κ1) is 15.9. The van der Waals surface area contributed by atoms with Crippen molar-refractivity contribution in [2.45, 2.75) is 33.2 Å². The number of rotatable bonds is 6. The molecule has 1 unspecified atom stereocenters. The highest BCUT2D eigenvalue weighted by molar-refractivity contribution is 7.11. The van der Waals surface area contributed by atoms with Crippen molar-refractivity contribution in [2.75, 3.05) is 13.7 Å². The molecule has 0 saturated carbocycles. The van der Waals surface area contributed by atoms with Gasteiger partial charge in [0.1, 0.15) is 11.6 Å². The summed E-state index contributed by atoms with van der Waals surface area (Å²) in [5, 5.41) is 4.50. The van der Waals surface area contributed by atoms with Crippen molar-refractivity contribution in [3.05, 3.63) is 45.2 Å². The van der Waals surface area contributed by atoms with E-state index in [1.165, 1.54) is 6.07 Å². The molecule has 114 valence electrons. The molecule has 2 rings (SSSR count). The second kappa shape index (κ2) is 7.00. The van der Waals surface area contributed by atoms with Gasteiger partial charge in [-0.3, -0.25) is 0 Å². The van der Waals surface area contributed by atoms with Crippen molar-refractivity contribution in [2.24, 2.45) is 0 Å². The molecule has 1 N–H and O–H groups in total. The first-order chi connectivity index (χ1) is 10.1. The second-order valence-corrected chi connectivity index (χ2v) is 6.19. The topological polar surface area (TPSA) is 34.1 Å². The molecule has 1 heterocycles. The maximum Gasteiger partial charge on any atom is 0.124 e. The highest BCUT2D eigenvalue weighted by Gasteiger charge is 2.22. The lowest BCUT2D eigenvalue weighted by molar-refractivity contribution is 0.402. The molecule has 5 heteroatoms. The largest absolute Gasteiger partial charge is 0.496 e. The highest BCUT2D eigenvalue weighted by atomic mass is 32.1. The van der Waals surface area contributed by atoms with Gasteiger partial charge in [0.25, 0.3) is 0 Å². The third kappa shape index (κ3) is 3.60. The van der Waals surface area contributed by atoms with Crippen molar-refractivity contribution < 1.29 is 9.13 Å². The SMILES string of the molecule is CCCNC(c1cc(F)ccc1OC)c1sc(C)nc1C. The molecule has 2 aromatic rings. The number of aryl methyl sites for hydroxylation is 2. The van der Waals surface area contributed by atoms with Gasteiger partial charge in [-0.05, 0) is 45.0 Å². The van der Waals surface area contributed by atoms with E-state index in [0.717, 1.165) is 34.1 Å². The summed E-state index contributed by atoms with van der Waals surface area (Å²) >= 11 is 1.64. The van der Waals surface area contributed by atoms with E-state index >= 15 is 0 Å². The Kier molecular flexibility index (Phi) is 5.31. The van der Waals surface area contributed by atoms with Crippen molar-refractivity contribution in [3.63, 3.8) is 0 Å². The Morgan fingerprint density at radius 3 is 2.71 bits per heavy atom. The molecule has 0 aliphatic heterocycles. The summed E-state index contributed by atoms with van der Waals surface area (Å²) in [4.78, 5) is 5.60. The third-order valence-electron chi connectivity index (χ3n) is 3.30. The summed E-state index contributed by atoms with van der Waals surface area (Å²) in [6.07, 6.45) is 1.00. The number of benzene rings is 1. The summed E-state index contributed by atoms with van der Waals surface area (Å²) in [5.41, 5.74) is 1.80. The van der Waals surface area contributed by atoms with Crippen LogP contribution in [-0.2, 0) is 0 Å². The molecule has 3 nitrogen and oxygen atoms in total. The van der Waals surface area contributed by atoms with Crippen LogP contribution < -0.4 is 10.1 Å². The van der Waals surface area contributed by atoms with Crippen LogP contribution in [0.1, 0.15) is 40.5 Å². The van der Waals surface area contributed by atoms with Gasteiger partial charge in [-0.2, -0.15) is 0 Å². The first-order valence-corrected chi connectivity index (χ1v) is 7.89. The molecule has 0 spiro atoms.